The van der Waals surface area contributed by atoms with Crippen LogP contribution in [-0.4, -0.2) is 18.7 Å². The summed E-state index contributed by atoms with van der Waals surface area (Å²) in [4.78, 5) is 0. The third-order valence-corrected chi connectivity index (χ3v) is 3.61. The van der Waals surface area contributed by atoms with Crippen LogP contribution in [0.15, 0.2) is 24.3 Å². The van der Waals surface area contributed by atoms with Gasteiger partial charge in [-0.15, -0.1) is 0 Å². The molecule has 2 nitrogen and oxygen atoms in total. The van der Waals surface area contributed by atoms with Gasteiger partial charge in [0.25, 0.3) is 0 Å². The van der Waals surface area contributed by atoms with Crippen LogP contribution in [0, 0.1) is 0 Å². The van der Waals surface area contributed by atoms with Gasteiger partial charge in [0, 0.05) is 12.6 Å². The minimum atomic E-state index is 0.355. The van der Waals surface area contributed by atoms with Crippen LogP contribution >= 0.6 is 0 Å². The van der Waals surface area contributed by atoms with E-state index in [0.717, 1.165) is 19.6 Å². The molecule has 2 atom stereocenters. The molecule has 0 fully saturated rings. The van der Waals surface area contributed by atoms with Gasteiger partial charge in [0.1, 0.15) is 0 Å². The van der Waals surface area contributed by atoms with Crippen molar-refractivity contribution in [3.63, 3.8) is 0 Å². The van der Waals surface area contributed by atoms with E-state index < -0.39 is 0 Å². The quantitative estimate of drug-likeness (QED) is 0.718. The number of ether oxygens (including phenoxy) is 1. The Kier molecular flexibility index (Phi) is 7.86. The summed E-state index contributed by atoms with van der Waals surface area (Å²) < 4.78 is 5.84. The zero-order valence-electron chi connectivity index (χ0n) is 13.8. The predicted octanol–water partition coefficient (Wildman–Crippen LogP) is 4.49. The van der Waals surface area contributed by atoms with Crippen molar-refractivity contribution in [1.82, 2.24) is 5.32 Å². The normalized spacial score (nSPS) is 14.5. The lowest BCUT2D eigenvalue weighted by Gasteiger charge is -2.16. The van der Waals surface area contributed by atoms with Crippen molar-refractivity contribution in [2.45, 2.75) is 72.1 Å². The average molecular weight is 277 g/mol. The van der Waals surface area contributed by atoms with Crippen LogP contribution < -0.4 is 5.32 Å². The Morgan fingerprint density at radius 2 is 1.70 bits per heavy atom. The molecule has 1 aromatic carbocycles. The molecule has 0 aliphatic heterocycles. The lowest BCUT2D eigenvalue weighted by molar-refractivity contribution is 0.0472. The monoisotopic (exact) mass is 277 g/mol. The summed E-state index contributed by atoms with van der Waals surface area (Å²) in [6, 6.07) is 9.40. The first-order chi connectivity index (χ1) is 9.52. The molecule has 0 amide bonds. The van der Waals surface area contributed by atoms with Crippen molar-refractivity contribution in [3.8, 4) is 0 Å². The maximum atomic E-state index is 5.84. The molecule has 0 saturated carbocycles. The Morgan fingerprint density at radius 3 is 2.25 bits per heavy atom. The maximum absolute atomic E-state index is 5.84. The molecule has 0 heterocycles. The fraction of sp³-hybridized carbons (Fsp3) is 0.667. The molecule has 0 aromatic heterocycles. The van der Waals surface area contributed by atoms with Crippen LogP contribution in [0.3, 0.4) is 0 Å². The van der Waals surface area contributed by atoms with Crippen LogP contribution in [0.25, 0.3) is 0 Å². The molecule has 0 radical (unpaired) electrons. The van der Waals surface area contributed by atoms with E-state index in [1.807, 2.05) is 0 Å². The summed E-state index contributed by atoms with van der Waals surface area (Å²) in [5.74, 6) is 0.548. The van der Waals surface area contributed by atoms with Crippen molar-refractivity contribution in [2.24, 2.45) is 0 Å². The fourth-order valence-corrected chi connectivity index (χ4v) is 2.20. The summed E-state index contributed by atoms with van der Waals surface area (Å²) in [6.45, 7) is 12.7. The van der Waals surface area contributed by atoms with Gasteiger partial charge >= 0.3 is 0 Å². The van der Waals surface area contributed by atoms with Crippen molar-refractivity contribution >= 4 is 0 Å². The fourth-order valence-electron chi connectivity index (χ4n) is 2.20. The Balaban J connectivity index is 2.43. The van der Waals surface area contributed by atoms with Crippen molar-refractivity contribution in [2.75, 3.05) is 6.54 Å². The molecule has 1 rings (SSSR count). The molecule has 0 aliphatic rings. The Morgan fingerprint density at radius 1 is 1.05 bits per heavy atom. The first-order valence-electron chi connectivity index (χ1n) is 7.96. The van der Waals surface area contributed by atoms with Crippen molar-refractivity contribution < 1.29 is 4.74 Å². The largest absolute Gasteiger partial charge is 0.374 e. The SMILES string of the molecule is CCCC(C)OCc1ccc(C(C)CNC(C)C)cc1. The van der Waals surface area contributed by atoms with Gasteiger partial charge in [0.15, 0.2) is 0 Å². The van der Waals surface area contributed by atoms with Crippen LogP contribution in [0.2, 0.25) is 0 Å². The molecular formula is C18H31NO. The van der Waals surface area contributed by atoms with Gasteiger partial charge in [-0.1, -0.05) is 58.4 Å². The van der Waals surface area contributed by atoms with Gasteiger partial charge in [-0.05, 0) is 30.4 Å². The van der Waals surface area contributed by atoms with E-state index in [-0.39, 0.29) is 0 Å². The first-order valence-corrected chi connectivity index (χ1v) is 7.96. The van der Waals surface area contributed by atoms with Crippen LogP contribution in [0.1, 0.15) is 64.5 Å². The highest BCUT2D eigenvalue weighted by atomic mass is 16.5. The lowest BCUT2D eigenvalue weighted by Crippen LogP contribution is -2.26. The lowest BCUT2D eigenvalue weighted by atomic mass is 9.99. The molecule has 1 aromatic rings. The van der Waals surface area contributed by atoms with Crippen molar-refractivity contribution in [1.29, 1.82) is 0 Å². The van der Waals surface area contributed by atoms with E-state index in [1.54, 1.807) is 0 Å². The molecule has 0 bridgehead atoms. The molecule has 0 saturated heterocycles. The van der Waals surface area contributed by atoms with E-state index in [2.05, 4.69) is 64.2 Å². The van der Waals surface area contributed by atoms with Crippen LogP contribution in [0.4, 0.5) is 0 Å². The number of rotatable bonds is 9. The topological polar surface area (TPSA) is 21.3 Å². The maximum Gasteiger partial charge on any atom is 0.0720 e. The zero-order valence-corrected chi connectivity index (χ0v) is 13.8. The Hall–Kier alpha value is -0.860. The van der Waals surface area contributed by atoms with Gasteiger partial charge in [-0.2, -0.15) is 0 Å². The summed E-state index contributed by atoms with van der Waals surface area (Å²) in [5, 5.41) is 3.49. The zero-order chi connectivity index (χ0) is 15.0. The second-order valence-corrected chi connectivity index (χ2v) is 6.12. The van der Waals surface area contributed by atoms with Gasteiger partial charge in [-0.25, -0.2) is 0 Å². The summed E-state index contributed by atoms with van der Waals surface area (Å²) in [6.07, 6.45) is 2.67. The second-order valence-electron chi connectivity index (χ2n) is 6.12. The molecule has 1 N–H and O–H groups in total. The molecule has 114 valence electrons. The van der Waals surface area contributed by atoms with Gasteiger partial charge < -0.3 is 10.1 Å². The van der Waals surface area contributed by atoms with Gasteiger partial charge in [-0.3, -0.25) is 0 Å². The third kappa shape index (κ3) is 6.53. The van der Waals surface area contributed by atoms with E-state index in [1.165, 1.54) is 17.5 Å². The summed E-state index contributed by atoms with van der Waals surface area (Å²) in [5.41, 5.74) is 2.66. The Labute approximate surface area is 124 Å². The third-order valence-electron chi connectivity index (χ3n) is 3.61. The van der Waals surface area contributed by atoms with Gasteiger partial charge in [0.2, 0.25) is 0 Å². The van der Waals surface area contributed by atoms with Crippen LogP contribution in [0.5, 0.6) is 0 Å². The summed E-state index contributed by atoms with van der Waals surface area (Å²) in [7, 11) is 0. The van der Waals surface area contributed by atoms with Gasteiger partial charge in [0.05, 0.1) is 12.7 Å². The number of benzene rings is 1. The number of nitrogens with one attached hydrogen (secondary N) is 1. The van der Waals surface area contributed by atoms with Crippen LogP contribution in [-0.2, 0) is 11.3 Å². The summed E-state index contributed by atoms with van der Waals surface area (Å²) >= 11 is 0. The predicted molar refractivity (Wildman–Crippen MR) is 87.2 cm³/mol. The second kappa shape index (κ2) is 9.15. The average Bonchev–Trinajstić information content (AvgIpc) is 2.43. The molecule has 2 unspecified atom stereocenters. The number of hydrogen-bond acceptors (Lipinski definition) is 2. The molecular weight excluding hydrogens is 246 g/mol. The molecule has 0 spiro atoms. The number of hydrogen-bond donors (Lipinski definition) is 1. The van der Waals surface area contributed by atoms with E-state index in [9.17, 15) is 0 Å². The van der Waals surface area contributed by atoms with E-state index in [0.29, 0.717) is 18.1 Å². The first kappa shape index (κ1) is 17.2. The highest BCUT2D eigenvalue weighted by molar-refractivity contribution is 5.25. The standard InChI is InChI=1S/C18H31NO/c1-6-7-16(5)20-13-17-8-10-18(11-9-17)15(4)12-19-14(2)3/h8-11,14-16,19H,6-7,12-13H2,1-5H3. The molecule has 20 heavy (non-hydrogen) atoms. The highest BCUT2D eigenvalue weighted by Crippen LogP contribution is 2.16. The smallest absolute Gasteiger partial charge is 0.0720 e. The van der Waals surface area contributed by atoms with Crippen molar-refractivity contribution in [3.05, 3.63) is 35.4 Å². The Bertz CT molecular complexity index is 358. The minimum absolute atomic E-state index is 0.355. The molecule has 0 aliphatic carbocycles. The van der Waals surface area contributed by atoms with E-state index >= 15 is 0 Å². The van der Waals surface area contributed by atoms with E-state index in [4.69, 9.17) is 4.74 Å². The minimum Gasteiger partial charge on any atom is -0.374 e. The highest BCUT2D eigenvalue weighted by Gasteiger charge is 2.06. The molecule has 2 heteroatoms.